The van der Waals surface area contributed by atoms with E-state index >= 15 is 0 Å². The van der Waals surface area contributed by atoms with Gasteiger partial charge < -0.3 is 18.9 Å². The lowest BCUT2D eigenvalue weighted by Crippen LogP contribution is -2.43. The van der Waals surface area contributed by atoms with Gasteiger partial charge >= 0.3 is 0 Å². The van der Waals surface area contributed by atoms with E-state index in [1.54, 1.807) is 35.8 Å². The van der Waals surface area contributed by atoms with E-state index in [9.17, 15) is 9.59 Å². The summed E-state index contributed by atoms with van der Waals surface area (Å²) in [5, 5.41) is 0. The van der Waals surface area contributed by atoms with Crippen LogP contribution in [0.25, 0.3) is 11.8 Å². The second-order valence-corrected chi connectivity index (χ2v) is 12.2. The predicted molar refractivity (Wildman–Crippen MR) is 174 cm³/mol. The van der Waals surface area contributed by atoms with Crippen molar-refractivity contribution in [2.45, 2.75) is 40.7 Å². The number of allylic oxidation sites excluding steroid dienone is 1. The van der Waals surface area contributed by atoms with Gasteiger partial charge in [-0.1, -0.05) is 27.3 Å². The zero-order chi connectivity index (χ0) is 31.0. The van der Waals surface area contributed by atoms with Crippen LogP contribution in [0.4, 0.5) is 0 Å². The van der Waals surface area contributed by atoms with E-state index in [1.165, 1.54) is 11.3 Å². The number of thiazole rings is 1. The highest BCUT2D eigenvalue weighted by atomic mass is 79.9. The maximum Gasteiger partial charge on any atom is 0.271 e. The molecule has 0 radical (unpaired) electrons. The summed E-state index contributed by atoms with van der Waals surface area (Å²) in [7, 11) is 3.17. The fourth-order valence-electron chi connectivity index (χ4n) is 5.69. The van der Waals surface area contributed by atoms with Crippen LogP contribution in [0.15, 0.2) is 74.1 Å². The van der Waals surface area contributed by atoms with Crippen molar-refractivity contribution in [1.82, 2.24) is 14.0 Å². The number of carbonyl (C=O) groups is 1. The van der Waals surface area contributed by atoms with Gasteiger partial charge in [0.2, 0.25) is 0 Å². The Morgan fingerprint density at radius 1 is 1.05 bits per heavy atom. The van der Waals surface area contributed by atoms with E-state index in [0.717, 1.165) is 27.1 Å². The van der Waals surface area contributed by atoms with Crippen LogP contribution in [-0.2, 0) is 4.79 Å². The number of hydrogen-bond acceptors (Lipinski definition) is 6. The van der Waals surface area contributed by atoms with Gasteiger partial charge in [-0.3, -0.25) is 14.2 Å². The number of nitrogens with zero attached hydrogens (tertiary/aromatic N) is 4. The number of aromatic nitrogens is 2. The molecule has 3 heterocycles. The highest BCUT2D eigenvalue weighted by Crippen LogP contribution is 2.38. The number of rotatable bonds is 8. The number of amides is 1. The maximum atomic E-state index is 14.3. The Labute approximate surface area is 263 Å². The molecule has 1 atom stereocenters. The monoisotopic (exact) mass is 662 g/mol. The summed E-state index contributed by atoms with van der Waals surface area (Å²) >= 11 is 4.83. The van der Waals surface area contributed by atoms with Crippen LogP contribution in [0.3, 0.4) is 0 Å². The van der Waals surface area contributed by atoms with E-state index in [1.807, 2.05) is 52.0 Å². The molecule has 5 rings (SSSR count). The third-order valence-corrected chi connectivity index (χ3v) is 9.39. The minimum Gasteiger partial charge on any atom is -0.497 e. The Balaban J connectivity index is 1.74. The third-order valence-electron chi connectivity index (χ3n) is 7.88. The molecule has 224 valence electrons. The molecule has 0 saturated carbocycles. The van der Waals surface area contributed by atoms with Crippen molar-refractivity contribution >= 4 is 39.2 Å². The zero-order valence-corrected chi connectivity index (χ0v) is 27.8. The van der Waals surface area contributed by atoms with E-state index in [4.69, 9.17) is 14.5 Å². The highest BCUT2D eigenvalue weighted by Gasteiger charge is 2.36. The molecular formula is C33H35BrN4O4S. The van der Waals surface area contributed by atoms with Crippen LogP contribution in [-0.4, -0.2) is 47.3 Å². The number of hydrogen-bond donors (Lipinski definition) is 0. The van der Waals surface area contributed by atoms with Crippen LogP contribution >= 0.6 is 27.3 Å². The first-order chi connectivity index (χ1) is 20.6. The lowest BCUT2D eigenvalue weighted by Gasteiger charge is -2.30. The van der Waals surface area contributed by atoms with Crippen LogP contribution in [0.2, 0.25) is 0 Å². The van der Waals surface area contributed by atoms with Crippen LogP contribution in [0.1, 0.15) is 49.3 Å². The SMILES string of the molecule is CCN(CC)C(=O)C1=C(C)N=c2s/c(=C/c3cc(C)n(-c4ccc(Br)cc4)c3C)c(=O)n2[C@H]1c1cc(OC)ccc1OC. The fraction of sp³-hybridized carbons (Fsp3) is 0.303. The summed E-state index contributed by atoms with van der Waals surface area (Å²) in [6.07, 6.45) is 1.92. The van der Waals surface area contributed by atoms with Gasteiger partial charge in [0.05, 0.1) is 30.0 Å². The zero-order valence-electron chi connectivity index (χ0n) is 25.4. The molecule has 2 aromatic carbocycles. The standard InChI is InChI=1S/C33H35BrN4O4S/c1-8-36(9-2)32(40)29-20(4)35-33-38(30(29)26-18-25(41-6)14-15-27(26)42-7)31(39)28(43-33)17-22-16-19(3)37(21(22)5)24-12-10-23(34)11-13-24/h10-18,30H,8-9H2,1-7H3/b28-17+/t30-/m0/s1. The number of methoxy groups -OCH3 is 2. The predicted octanol–water partition coefficient (Wildman–Crippen LogP) is 5.29. The van der Waals surface area contributed by atoms with Gasteiger partial charge in [0.15, 0.2) is 4.80 Å². The van der Waals surface area contributed by atoms with Gasteiger partial charge in [-0.05, 0) is 94.8 Å². The number of fused-ring (bicyclic) bond motifs is 1. The number of carbonyl (C=O) groups excluding carboxylic acids is 1. The Kier molecular flexibility index (Phi) is 8.80. The number of halogens is 1. The summed E-state index contributed by atoms with van der Waals surface area (Å²) in [5.74, 6) is 0.994. The van der Waals surface area contributed by atoms with E-state index in [2.05, 4.69) is 45.6 Å². The van der Waals surface area contributed by atoms with Crippen molar-refractivity contribution in [2.75, 3.05) is 27.3 Å². The van der Waals surface area contributed by atoms with E-state index < -0.39 is 6.04 Å². The van der Waals surface area contributed by atoms with Gasteiger partial charge in [0, 0.05) is 40.2 Å². The van der Waals surface area contributed by atoms with E-state index in [0.29, 0.717) is 50.8 Å². The van der Waals surface area contributed by atoms with Crippen molar-refractivity contribution in [3.8, 4) is 17.2 Å². The number of ether oxygens (including phenoxy) is 2. The Hall–Kier alpha value is -3.89. The lowest BCUT2D eigenvalue weighted by molar-refractivity contribution is -0.127. The average molecular weight is 664 g/mol. The molecular weight excluding hydrogens is 628 g/mol. The third kappa shape index (κ3) is 5.49. The normalized spacial score (nSPS) is 14.9. The highest BCUT2D eigenvalue weighted by molar-refractivity contribution is 9.10. The van der Waals surface area contributed by atoms with Crippen molar-refractivity contribution in [3.63, 3.8) is 0 Å². The van der Waals surface area contributed by atoms with Crippen LogP contribution in [0, 0.1) is 13.8 Å². The second kappa shape index (κ2) is 12.4. The van der Waals surface area contributed by atoms with Gasteiger partial charge in [-0.2, -0.15) is 0 Å². The molecule has 4 aromatic rings. The lowest BCUT2D eigenvalue weighted by atomic mass is 9.93. The summed E-state index contributed by atoms with van der Waals surface area (Å²) in [6.45, 7) is 10.9. The number of aryl methyl sites for hydroxylation is 1. The largest absolute Gasteiger partial charge is 0.497 e. The fourth-order valence-corrected chi connectivity index (χ4v) is 6.99. The quantitative estimate of drug-likeness (QED) is 0.257. The smallest absolute Gasteiger partial charge is 0.271 e. The molecule has 43 heavy (non-hydrogen) atoms. The first kappa shape index (κ1) is 30.6. The summed E-state index contributed by atoms with van der Waals surface area (Å²) in [4.78, 5) is 35.4. The van der Waals surface area contributed by atoms with Crippen LogP contribution in [0.5, 0.6) is 11.5 Å². The summed E-state index contributed by atoms with van der Waals surface area (Å²) in [6, 6.07) is 14.9. The molecule has 1 amide bonds. The Morgan fingerprint density at radius 3 is 2.37 bits per heavy atom. The Bertz CT molecular complexity index is 1910. The average Bonchev–Trinajstić information content (AvgIpc) is 3.46. The summed E-state index contributed by atoms with van der Waals surface area (Å²) < 4.78 is 16.6. The van der Waals surface area contributed by atoms with Crippen molar-refractivity contribution < 1.29 is 14.3 Å². The molecule has 1 aliphatic rings. The molecule has 0 spiro atoms. The molecule has 0 saturated heterocycles. The first-order valence-corrected chi connectivity index (χ1v) is 15.7. The summed E-state index contributed by atoms with van der Waals surface area (Å²) in [5.41, 5.74) is 5.52. The maximum absolute atomic E-state index is 14.3. The van der Waals surface area contributed by atoms with Gasteiger partial charge in [-0.25, -0.2) is 4.99 Å². The minimum atomic E-state index is -0.744. The second-order valence-electron chi connectivity index (χ2n) is 10.3. The van der Waals surface area contributed by atoms with E-state index in [-0.39, 0.29) is 11.5 Å². The molecule has 0 N–H and O–H groups in total. The van der Waals surface area contributed by atoms with Gasteiger partial charge in [0.1, 0.15) is 17.5 Å². The molecule has 10 heteroatoms. The van der Waals surface area contributed by atoms with Crippen molar-refractivity contribution in [1.29, 1.82) is 0 Å². The Morgan fingerprint density at radius 2 is 1.74 bits per heavy atom. The molecule has 0 bridgehead atoms. The van der Waals surface area contributed by atoms with Crippen molar-refractivity contribution in [2.24, 2.45) is 4.99 Å². The van der Waals surface area contributed by atoms with Gasteiger partial charge in [-0.15, -0.1) is 0 Å². The number of likely N-dealkylation sites (N-methyl/N-ethyl adjacent to an activating group) is 1. The molecule has 0 aliphatic carbocycles. The molecule has 1 aliphatic heterocycles. The molecule has 8 nitrogen and oxygen atoms in total. The van der Waals surface area contributed by atoms with Crippen molar-refractivity contribution in [3.05, 3.63) is 106 Å². The first-order valence-electron chi connectivity index (χ1n) is 14.1. The molecule has 2 aromatic heterocycles. The number of benzene rings is 2. The molecule has 0 unspecified atom stereocenters. The van der Waals surface area contributed by atoms with Crippen LogP contribution < -0.4 is 24.4 Å². The minimum absolute atomic E-state index is 0.159. The topological polar surface area (TPSA) is 78.1 Å². The molecule has 0 fully saturated rings. The van der Waals surface area contributed by atoms with Gasteiger partial charge in [0.25, 0.3) is 11.5 Å².